The van der Waals surface area contributed by atoms with Gasteiger partial charge in [-0.3, -0.25) is 9.59 Å². The number of carbonyl (C=O) groups is 2. The third-order valence-electron chi connectivity index (χ3n) is 2.13. The first-order chi connectivity index (χ1) is 7.95. The summed E-state index contributed by atoms with van der Waals surface area (Å²) in [6.07, 6.45) is -0.371. The van der Waals surface area contributed by atoms with Crippen molar-refractivity contribution in [2.24, 2.45) is 5.92 Å². The summed E-state index contributed by atoms with van der Waals surface area (Å²) in [7, 11) is 0. The zero-order chi connectivity index (χ0) is 13.0. The molecule has 0 amide bonds. The van der Waals surface area contributed by atoms with Gasteiger partial charge in [-0.1, -0.05) is 12.2 Å². The summed E-state index contributed by atoms with van der Waals surface area (Å²) in [5.41, 5.74) is -0.0769. The number of carbonyl (C=O) groups excluding carboxylic acids is 1. The average Bonchev–Trinajstić information content (AvgIpc) is 2.28. The Morgan fingerprint density at radius 1 is 1.35 bits per heavy atom. The normalized spacial score (nSPS) is 11.9. The molecule has 17 heavy (non-hydrogen) atoms. The van der Waals surface area contributed by atoms with Gasteiger partial charge in [0.25, 0.3) is 0 Å². The Morgan fingerprint density at radius 3 is 2.47 bits per heavy atom. The lowest BCUT2D eigenvalue weighted by Gasteiger charge is -2.05. The van der Waals surface area contributed by atoms with Crippen molar-refractivity contribution in [3.05, 3.63) is 35.4 Å². The summed E-state index contributed by atoms with van der Waals surface area (Å²) < 4.78 is 25.5. The first kappa shape index (κ1) is 13.4. The Labute approximate surface area is 101 Å². The largest absolute Gasteiger partial charge is 0.481 e. The highest BCUT2D eigenvalue weighted by Crippen LogP contribution is 2.13. The van der Waals surface area contributed by atoms with Gasteiger partial charge in [0.05, 0.1) is 5.92 Å². The predicted octanol–water partition coefficient (Wildman–Crippen LogP) is 2.24. The Kier molecular flexibility index (Phi) is 4.39. The van der Waals surface area contributed by atoms with Gasteiger partial charge in [0, 0.05) is 12.0 Å². The SMILES string of the molecule is O=C(C[C@@H](C=S)C(=O)O)c1ccc(F)c(F)c1. The molecule has 0 fully saturated rings. The smallest absolute Gasteiger partial charge is 0.311 e. The summed E-state index contributed by atoms with van der Waals surface area (Å²) in [5, 5.41) is 9.64. The van der Waals surface area contributed by atoms with Crippen molar-refractivity contribution >= 4 is 29.3 Å². The van der Waals surface area contributed by atoms with Gasteiger partial charge < -0.3 is 5.11 Å². The van der Waals surface area contributed by atoms with Crippen molar-refractivity contribution in [2.45, 2.75) is 6.42 Å². The quantitative estimate of drug-likeness (QED) is 0.650. The molecule has 1 aromatic carbocycles. The van der Waals surface area contributed by atoms with Gasteiger partial charge in [0.15, 0.2) is 17.4 Å². The molecule has 0 radical (unpaired) electrons. The van der Waals surface area contributed by atoms with E-state index in [1.54, 1.807) is 0 Å². The van der Waals surface area contributed by atoms with Gasteiger partial charge in [0.1, 0.15) is 0 Å². The number of rotatable bonds is 5. The van der Waals surface area contributed by atoms with Gasteiger partial charge in [-0.2, -0.15) is 0 Å². The number of hydrogen-bond acceptors (Lipinski definition) is 3. The third-order valence-corrected chi connectivity index (χ3v) is 2.46. The lowest BCUT2D eigenvalue weighted by molar-refractivity contribution is -0.139. The van der Waals surface area contributed by atoms with E-state index in [1.165, 1.54) is 0 Å². The maximum absolute atomic E-state index is 12.8. The second kappa shape index (κ2) is 5.58. The first-order valence-corrected chi connectivity index (χ1v) is 5.09. The summed E-state index contributed by atoms with van der Waals surface area (Å²) >= 11 is 4.47. The van der Waals surface area contributed by atoms with Crippen LogP contribution in [0.15, 0.2) is 18.2 Å². The Hall–Kier alpha value is -1.69. The lowest BCUT2D eigenvalue weighted by atomic mass is 10.00. The fourth-order valence-corrected chi connectivity index (χ4v) is 1.39. The molecule has 0 aliphatic carbocycles. The highest BCUT2D eigenvalue weighted by molar-refractivity contribution is 7.79. The average molecular weight is 258 g/mol. The number of hydrogen-bond donors (Lipinski definition) is 1. The molecule has 0 aromatic heterocycles. The van der Waals surface area contributed by atoms with Gasteiger partial charge in [-0.05, 0) is 23.6 Å². The molecule has 3 nitrogen and oxygen atoms in total. The van der Waals surface area contributed by atoms with E-state index in [0.717, 1.165) is 23.6 Å². The van der Waals surface area contributed by atoms with E-state index >= 15 is 0 Å². The van der Waals surface area contributed by atoms with Crippen molar-refractivity contribution in [3.8, 4) is 0 Å². The molecule has 90 valence electrons. The summed E-state index contributed by atoms with van der Waals surface area (Å²) in [6, 6.07) is 2.65. The standard InChI is InChI=1S/C11H8F2O3S/c12-8-2-1-6(3-9(8)13)10(14)4-7(5-17)11(15)16/h1-3,5,7H,4H2,(H,15,16)/t7-/m0/s1. The second-order valence-corrected chi connectivity index (χ2v) is 3.61. The maximum Gasteiger partial charge on any atom is 0.311 e. The van der Waals surface area contributed by atoms with Crippen LogP contribution in [0.2, 0.25) is 0 Å². The van der Waals surface area contributed by atoms with Crippen LogP contribution in [-0.4, -0.2) is 22.2 Å². The van der Waals surface area contributed by atoms with E-state index in [-0.39, 0.29) is 12.0 Å². The van der Waals surface area contributed by atoms with Gasteiger partial charge in [-0.15, -0.1) is 0 Å². The molecule has 1 N–H and O–H groups in total. The van der Waals surface area contributed by atoms with E-state index < -0.39 is 29.3 Å². The van der Waals surface area contributed by atoms with Crippen LogP contribution in [-0.2, 0) is 4.79 Å². The van der Waals surface area contributed by atoms with Crippen LogP contribution in [0.4, 0.5) is 8.78 Å². The molecule has 1 rings (SSSR count). The van der Waals surface area contributed by atoms with Gasteiger partial charge in [-0.25, -0.2) is 8.78 Å². The Bertz CT molecular complexity index is 474. The fourth-order valence-electron chi connectivity index (χ4n) is 1.18. The van der Waals surface area contributed by atoms with Crippen molar-refractivity contribution in [2.75, 3.05) is 0 Å². The summed E-state index contributed by atoms with van der Waals surface area (Å²) in [6.45, 7) is 0. The first-order valence-electron chi connectivity index (χ1n) is 4.62. The molecule has 0 saturated heterocycles. The number of thiocarbonyl (C=S) groups is 1. The molecule has 6 heteroatoms. The van der Waals surface area contributed by atoms with E-state index in [9.17, 15) is 18.4 Å². The fraction of sp³-hybridized carbons (Fsp3) is 0.182. The molecule has 1 atom stereocenters. The van der Waals surface area contributed by atoms with E-state index in [2.05, 4.69) is 12.2 Å². The van der Waals surface area contributed by atoms with Crippen LogP contribution >= 0.6 is 12.2 Å². The maximum atomic E-state index is 12.8. The molecule has 0 spiro atoms. The van der Waals surface area contributed by atoms with Gasteiger partial charge in [0.2, 0.25) is 0 Å². The zero-order valence-electron chi connectivity index (χ0n) is 8.52. The van der Waals surface area contributed by atoms with E-state index in [0.29, 0.717) is 0 Å². The summed E-state index contributed by atoms with van der Waals surface area (Å²) in [4.78, 5) is 22.2. The number of carboxylic acid groups (broad SMARTS) is 1. The molecular formula is C11H8F2O3S. The Balaban J connectivity index is 2.86. The Morgan fingerprint density at radius 2 is 2.00 bits per heavy atom. The number of carboxylic acids is 1. The summed E-state index contributed by atoms with van der Waals surface area (Å²) in [5.74, 6) is -5.14. The molecule has 0 saturated carbocycles. The molecule has 0 aliphatic rings. The van der Waals surface area contributed by atoms with Crippen LogP contribution in [0, 0.1) is 17.6 Å². The van der Waals surface area contributed by atoms with Crippen LogP contribution in [0.25, 0.3) is 0 Å². The molecule has 0 heterocycles. The van der Waals surface area contributed by atoms with Crippen LogP contribution in [0.1, 0.15) is 16.8 Å². The number of ketones is 1. The van der Waals surface area contributed by atoms with Crippen molar-refractivity contribution in [1.82, 2.24) is 0 Å². The third kappa shape index (κ3) is 3.39. The number of halogens is 2. The monoisotopic (exact) mass is 258 g/mol. The van der Waals surface area contributed by atoms with Crippen molar-refractivity contribution < 1.29 is 23.5 Å². The zero-order valence-corrected chi connectivity index (χ0v) is 9.34. The van der Waals surface area contributed by atoms with Crippen LogP contribution in [0.5, 0.6) is 0 Å². The van der Waals surface area contributed by atoms with Gasteiger partial charge >= 0.3 is 5.97 Å². The lowest BCUT2D eigenvalue weighted by Crippen LogP contribution is -2.18. The molecule has 1 aromatic rings. The minimum absolute atomic E-state index is 0.0769. The van der Waals surface area contributed by atoms with Crippen LogP contribution in [0.3, 0.4) is 0 Å². The predicted molar refractivity (Wildman–Crippen MR) is 60.1 cm³/mol. The molecule has 0 aliphatic heterocycles. The van der Waals surface area contributed by atoms with Crippen molar-refractivity contribution in [3.63, 3.8) is 0 Å². The molecular weight excluding hydrogens is 250 g/mol. The topological polar surface area (TPSA) is 54.4 Å². The molecule has 0 bridgehead atoms. The second-order valence-electron chi connectivity index (χ2n) is 3.34. The van der Waals surface area contributed by atoms with Crippen LogP contribution < -0.4 is 0 Å². The number of aliphatic carboxylic acids is 1. The number of Topliss-reactive ketones (excluding diaryl/α,β-unsaturated/α-hetero) is 1. The minimum atomic E-state index is -1.23. The van der Waals surface area contributed by atoms with E-state index in [4.69, 9.17) is 5.11 Å². The minimum Gasteiger partial charge on any atom is -0.481 e. The van der Waals surface area contributed by atoms with Crippen molar-refractivity contribution in [1.29, 1.82) is 0 Å². The highest BCUT2D eigenvalue weighted by Gasteiger charge is 2.20. The van der Waals surface area contributed by atoms with E-state index in [1.807, 2.05) is 0 Å². The molecule has 0 unspecified atom stereocenters. The highest BCUT2D eigenvalue weighted by atomic mass is 32.1. The number of benzene rings is 1.